The molecule has 2 rings (SSSR count). The van der Waals surface area contributed by atoms with E-state index in [0.717, 1.165) is 26.0 Å². The lowest BCUT2D eigenvalue weighted by molar-refractivity contribution is 0.0186. The largest absolute Gasteiger partial charge is 0.374 e. The minimum atomic E-state index is 0.0385. The highest BCUT2D eigenvalue weighted by Crippen LogP contribution is 2.26. The Balaban J connectivity index is 1.95. The van der Waals surface area contributed by atoms with Gasteiger partial charge in [0.25, 0.3) is 0 Å². The summed E-state index contributed by atoms with van der Waals surface area (Å²) in [5.74, 6) is 0. The Bertz CT molecular complexity index is 379. The Morgan fingerprint density at radius 2 is 2.00 bits per heavy atom. The van der Waals surface area contributed by atoms with Crippen LogP contribution in [0.15, 0.2) is 24.3 Å². The summed E-state index contributed by atoms with van der Waals surface area (Å²) < 4.78 is 5.85. The summed E-state index contributed by atoms with van der Waals surface area (Å²) in [6.07, 6.45) is 4.59. The molecule has 0 spiro atoms. The van der Waals surface area contributed by atoms with Crippen LogP contribution in [-0.2, 0) is 11.2 Å². The number of benzene rings is 1. The van der Waals surface area contributed by atoms with Crippen LogP contribution in [0.2, 0.25) is 0 Å². The van der Waals surface area contributed by atoms with E-state index in [9.17, 15) is 0 Å². The second-order valence-corrected chi connectivity index (χ2v) is 5.84. The molecule has 0 aromatic heterocycles. The summed E-state index contributed by atoms with van der Waals surface area (Å²) in [5.41, 5.74) is 2.84. The number of hydrogen-bond donors (Lipinski definition) is 1. The highest BCUT2D eigenvalue weighted by atomic mass is 16.5. The first-order valence-corrected chi connectivity index (χ1v) is 7.63. The number of ether oxygens (including phenoxy) is 1. The van der Waals surface area contributed by atoms with E-state index in [1.165, 1.54) is 24.0 Å². The molecule has 0 amide bonds. The summed E-state index contributed by atoms with van der Waals surface area (Å²) in [6, 6.07) is 9.45. The summed E-state index contributed by atoms with van der Waals surface area (Å²) in [7, 11) is 0. The van der Waals surface area contributed by atoms with E-state index in [-0.39, 0.29) is 5.60 Å². The van der Waals surface area contributed by atoms with E-state index >= 15 is 0 Å². The van der Waals surface area contributed by atoms with Crippen molar-refractivity contribution in [3.8, 4) is 0 Å². The zero-order valence-corrected chi connectivity index (χ0v) is 12.5. The number of nitrogens with one attached hydrogen (secondary N) is 1. The van der Waals surface area contributed by atoms with Crippen molar-refractivity contribution in [2.24, 2.45) is 0 Å². The molecule has 2 nitrogen and oxygen atoms in total. The molecule has 0 aliphatic carbocycles. The normalized spacial score (nSPS) is 24.6. The van der Waals surface area contributed by atoms with Gasteiger partial charge in [-0.1, -0.05) is 38.1 Å². The zero-order chi connectivity index (χ0) is 13.7. The van der Waals surface area contributed by atoms with Crippen LogP contribution in [0.25, 0.3) is 0 Å². The lowest BCUT2D eigenvalue weighted by Gasteiger charge is -2.27. The maximum absolute atomic E-state index is 5.85. The minimum Gasteiger partial charge on any atom is -0.374 e. The molecule has 2 unspecified atom stereocenters. The molecule has 19 heavy (non-hydrogen) atoms. The van der Waals surface area contributed by atoms with E-state index in [4.69, 9.17) is 4.74 Å². The Morgan fingerprint density at radius 1 is 1.26 bits per heavy atom. The van der Waals surface area contributed by atoms with Gasteiger partial charge in [0, 0.05) is 19.2 Å². The predicted octanol–water partition coefficient (Wildman–Crippen LogP) is 3.86. The molecular weight excluding hydrogens is 234 g/mol. The third kappa shape index (κ3) is 3.80. The Labute approximate surface area is 117 Å². The van der Waals surface area contributed by atoms with Gasteiger partial charge in [-0.2, -0.15) is 0 Å². The molecule has 1 aromatic rings. The van der Waals surface area contributed by atoms with Gasteiger partial charge in [-0.3, -0.25) is 0 Å². The van der Waals surface area contributed by atoms with E-state index < -0.39 is 0 Å². The third-order valence-electron chi connectivity index (χ3n) is 4.22. The fourth-order valence-electron chi connectivity index (χ4n) is 2.80. The van der Waals surface area contributed by atoms with Gasteiger partial charge in [-0.25, -0.2) is 0 Å². The molecule has 1 aliphatic heterocycles. The summed E-state index contributed by atoms with van der Waals surface area (Å²) >= 11 is 0. The molecule has 1 fully saturated rings. The van der Waals surface area contributed by atoms with Crippen LogP contribution in [0.5, 0.6) is 0 Å². The fourth-order valence-corrected chi connectivity index (χ4v) is 2.80. The van der Waals surface area contributed by atoms with E-state index in [1.54, 1.807) is 0 Å². The number of rotatable bonds is 6. The zero-order valence-electron chi connectivity index (χ0n) is 12.5. The van der Waals surface area contributed by atoms with Crippen molar-refractivity contribution >= 4 is 0 Å². The first-order valence-electron chi connectivity index (χ1n) is 7.63. The van der Waals surface area contributed by atoms with Gasteiger partial charge in [0.05, 0.1) is 5.60 Å². The topological polar surface area (TPSA) is 21.3 Å². The molecular formula is C17H27NO. The second-order valence-electron chi connectivity index (χ2n) is 5.84. The molecule has 106 valence electrons. The van der Waals surface area contributed by atoms with Crippen LogP contribution in [0, 0.1) is 0 Å². The van der Waals surface area contributed by atoms with Gasteiger partial charge in [-0.15, -0.1) is 0 Å². The highest BCUT2D eigenvalue weighted by Gasteiger charge is 2.30. The Kier molecular flexibility index (Phi) is 5.00. The fraction of sp³-hybridized carbons (Fsp3) is 0.647. The van der Waals surface area contributed by atoms with Crippen LogP contribution in [0.3, 0.4) is 0 Å². The van der Waals surface area contributed by atoms with E-state index in [1.807, 2.05) is 0 Å². The monoisotopic (exact) mass is 261 g/mol. The third-order valence-corrected chi connectivity index (χ3v) is 4.22. The van der Waals surface area contributed by atoms with Gasteiger partial charge < -0.3 is 10.1 Å². The van der Waals surface area contributed by atoms with Crippen LogP contribution >= 0.6 is 0 Å². The standard InChI is InChI=1S/C17H27NO/c1-4-14-7-9-15(10-8-14)16(5-2)18-13-17(3)11-6-12-19-17/h7-10,16,18H,4-6,11-13H2,1-3H3. The second kappa shape index (κ2) is 6.53. The van der Waals surface area contributed by atoms with Gasteiger partial charge >= 0.3 is 0 Å². The Hall–Kier alpha value is -0.860. The van der Waals surface area contributed by atoms with Crippen molar-refractivity contribution in [2.75, 3.05) is 13.2 Å². The van der Waals surface area contributed by atoms with Crippen LogP contribution in [0.4, 0.5) is 0 Å². The van der Waals surface area contributed by atoms with Crippen molar-refractivity contribution in [3.63, 3.8) is 0 Å². The maximum atomic E-state index is 5.85. The van der Waals surface area contributed by atoms with Crippen LogP contribution in [-0.4, -0.2) is 18.8 Å². The summed E-state index contributed by atoms with van der Waals surface area (Å²) in [5, 5.41) is 3.68. The SMILES string of the molecule is CCc1ccc(C(CC)NCC2(C)CCCO2)cc1. The molecule has 2 heteroatoms. The molecule has 0 saturated carbocycles. The van der Waals surface area contributed by atoms with Gasteiger partial charge in [0.1, 0.15) is 0 Å². The molecule has 0 bridgehead atoms. The first kappa shape index (κ1) is 14.5. The van der Waals surface area contributed by atoms with Crippen LogP contribution in [0.1, 0.15) is 57.2 Å². The molecule has 1 heterocycles. The van der Waals surface area contributed by atoms with Crippen molar-refractivity contribution in [3.05, 3.63) is 35.4 Å². The molecule has 1 N–H and O–H groups in total. The molecule has 0 radical (unpaired) electrons. The minimum absolute atomic E-state index is 0.0385. The van der Waals surface area contributed by atoms with Crippen molar-refractivity contribution in [1.82, 2.24) is 5.32 Å². The molecule has 1 aromatic carbocycles. The predicted molar refractivity (Wildman–Crippen MR) is 80.4 cm³/mol. The molecule has 2 atom stereocenters. The number of aryl methyl sites for hydroxylation is 1. The Morgan fingerprint density at radius 3 is 2.53 bits per heavy atom. The number of hydrogen-bond acceptors (Lipinski definition) is 2. The van der Waals surface area contributed by atoms with Crippen molar-refractivity contribution in [2.45, 2.75) is 58.1 Å². The van der Waals surface area contributed by atoms with E-state index in [0.29, 0.717) is 6.04 Å². The van der Waals surface area contributed by atoms with Gasteiger partial charge in [-0.05, 0) is 43.7 Å². The quantitative estimate of drug-likeness (QED) is 0.839. The summed E-state index contributed by atoms with van der Waals surface area (Å²) in [4.78, 5) is 0. The summed E-state index contributed by atoms with van der Waals surface area (Å²) in [6.45, 7) is 8.52. The molecule has 1 saturated heterocycles. The smallest absolute Gasteiger partial charge is 0.0779 e. The average Bonchev–Trinajstić information content (AvgIpc) is 2.87. The molecule has 1 aliphatic rings. The van der Waals surface area contributed by atoms with Gasteiger partial charge in [0.2, 0.25) is 0 Å². The van der Waals surface area contributed by atoms with Crippen LogP contribution < -0.4 is 5.32 Å². The van der Waals surface area contributed by atoms with Crippen molar-refractivity contribution < 1.29 is 4.74 Å². The first-order chi connectivity index (χ1) is 9.17. The highest BCUT2D eigenvalue weighted by molar-refractivity contribution is 5.25. The lowest BCUT2D eigenvalue weighted by Crippen LogP contribution is -2.38. The lowest BCUT2D eigenvalue weighted by atomic mass is 9.99. The maximum Gasteiger partial charge on any atom is 0.0779 e. The van der Waals surface area contributed by atoms with E-state index in [2.05, 4.69) is 50.4 Å². The van der Waals surface area contributed by atoms with Crippen molar-refractivity contribution in [1.29, 1.82) is 0 Å². The average molecular weight is 261 g/mol. The van der Waals surface area contributed by atoms with Gasteiger partial charge in [0.15, 0.2) is 0 Å².